The molecule has 3 heterocycles. The Morgan fingerprint density at radius 2 is 2.03 bits per heavy atom. The minimum absolute atomic E-state index is 0.249. The van der Waals surface area contributed by atoms with E-state index in [2.05, 4.69) is 32.9 Å². The Bertz CT molecular complexity index is 1090. The summed E-state index contributed by atoms with van der Waals surface area (Å²) in [7, 11) is 1.54. The molecule has 0 bridgehead atoms. The van der Waals surface area contributed by atoms with Crippen molar-refractivity contribution in [2.24, 2.45) is 0 Å². The van der Waals surface area contributed by atoms with Crippen molar-refractivity contribution in [1.82, 2.24) is 20.2 Å². The maximum absolute atomic E-state index is 13.5. The van der Waals surface area contributed by atoms with Crippen molar-refractivity contribution >= 4 is 17.5 Å². The van der Waals surface area contributed by atoms with Crippen molar-refractivity contribution in [2.45, 2.75) is 24.9 Å². The van der Waals surface area contributed by atoms with Crippen LogP contribution in [0.15, 0.2) is 48.7 Å². The number of aromatic nitrogens is 2. The van der Waals surface area contributed by atoms with Gasteiger partial charge in [-0.25, -0.2) is 9.78 Å². The van der Waals surface area contributed by atoms with Gasteiger partial charge in [-0.15, -0.1) is 0 Å². The molecular weight excluding hydrogens is 421 g/mol. The number of nitrogens with zero attached hydrogens (tertiary/aromatic N) is 4. The summed E-state index contributed by atoms with van der Waals surface area (Å²) >= 11 is 0. The predicted molar refractivity (Wildman–Crippen MR) is 114 cm³/mol. The number of rotatable bonds is 3. The van der Waals surface area contributed by atoms with Gasteiger partial charge in [0.15, 0.2) is 5.82 Å². The van der Waals surface area contributed by atoms with Gasteiger partial charge in [0.25, 0.3) is 0 Å². The van der Waals surface area contributed by atoms with Crippen LogP contribution >= 0.6 is 0 Å². The number of likely N-dealkylation sites (tertiary alicyclic amines) is 1. The highest BCUT2D eigenvalue weighted by Crippen LogP contribution is 2.49. The van der Waals surface area contributed by atoms with Gasteiger partial charge >= 0.3 is 12.2 Å². The molecule has 1 saturated heterocycles. The summed E-state index contributed by atoms with van der Waals surface area (Å²) in [6.07, 6.45) is -0.749. The van der Waals surface area contributed by atoms with E-state index in [4.69, 9.17) is 0 Å². The average molecular weight is 444 g/mol. The number of aryl methyl sites for hydroxylation is 1. The summed E-state index contributed by atoms with van der Waals surface area (Å²) in [5, 5.41) is 5.71. The minimum Gasteiger partial charge on any atom is -0.341 e. The Balaban J connectivity index is 1.74. The fraction of sp³-hybridized carbons (Fsp3) is 0.364. The summed E-state index contributed by atoms with van der Waals surface area (Å²) in [6, 6.07) is 3.49. The third-order valence-electron chi connectivity index (χ3n) is 5.97. The maximum Gasteiger partial charge on any atom is 0.416 e. The smallest absolute Gasteiger partial charge is 0.341 e. The summed E-state index contributed by atoms with van der Waals surface area (Å²) < 4.78 is 40.5. The molecule has 1 atom stereocenters. The number of hydrogen-bond acceptors (Lipinski definition) is 5. The van der Waals surface area contributed by atoms with Crippen molar-refractivity contribution in [3.05, 3.63) is 65.5 Å². The number of hydrogen-bond donors (Lipinski definition) is 2. The minimum atomic E-state index is -4.46. The molecule has 1 aromatic heterocycles. The summed E-state index contributed by atoms with van der Waals surface area (Å²) in [5.74, 6) is 0.925. The predicted octanol–water partition coefficient (Wildman–Crippen LogP) is 3.65. The van der Waals surface area contributed by atoms with Gasteiger partial charge in [0.05, 0.1) is 23.7 Å². The Kier molecular flexibility index (Phi) is 5.34. The molecule has 1 fully saturated rings. The number of amides is 2. The number of nitrogens with one attached hydrogen (secondary N) is 2. The fourth-order valence-electron chi connectivity index (χ4n) is 4.38. The molecule has 32 heavy (non-hydrogen) atoms. The van der Waals surface area contributed by atoms with Crippen molar-refractivity contribution in [1.29, 1.82) is 0 Å². The van der Waals surface area contributed by atoms with E-state index < -0.39 is 17.2 Å². The van der Waals surface area contributed by atoms with E-state index in [1.165, 1.54) is 19.2 Å². The van der Waals surface area contributed by atoms with Crippen LogP contribution in [0.5, 0.6) is 0 Å². The molecule has 1 unspecified atom stereocenters. The van der Waals surface area contributed by atoms with E-state index >= 15 is 0 Å². The van der Waals surface area contributed by atoms with Gasteiger partial charge < -0.3 is 20.4 Å². The first-order valence-electron chi connectivity index (χ1n) is 10.1. The molecule has 0 saturated carbocycles. The summed E-state index contributed by atoms with van der Waals surface area (Å²) in [6.45, 7) is 6.71. The van der Waals surface area contributed by atoms with Crippen molar-refractivity contribution in [3.8, 4) is 0 Å². The van der Waals surface area contributed by atoms with Crippen LogP contribution in [0.1, 0.15) is 23.2 Å². The molecule has 1 spiro atoms. The van der Waals surface area contributed by atoms with E-state index in [0.29, 0.717) is 48.9 Å². The van der Waals surface area contributed by atoms with Crippen LogP contribution < -0.4 is 15.5 Å². The maximum atomic E-state index is 13.5. The number of halogens is 3. The number of fused-ring (bicyclic) bond motifs is 2. The van der Waals surface area contributed by atoms with E-state index in [0.717, 1.165) is 11.8 Å². The lowest BCUT2D eigenvalue weighted by Crippen LogP contribution is -2.41. The molecule has 0 aliphatic carbocycles. The normalized spacial score (nSPS) is 19.7. The molecule has 2 aromatic rings. The van der Waals surface area contributed by atoms with Crippen LogP contribution in [0.2, 0.25) is 0 Å². The van der Waals surface area contributed by atoms with Gasteiger partial charge in [-0.2, -0.15) is 13.2 Å². The lowest BCUT2D eigenvalue weighted by atomic mass is 9.81. The molecule has 0 radical (unpaired) electrons. The van der Waals surface area contributed by atoms with Gasteiger partial charge in [0, 0.05) is 37.8 Å². The standard InChI is InChI=1S/C22H23F3N6O/c1-4-19(29-18-11-27-14(2)10-28-18)31-13-21(7-8-30(12-21)20(32)26-3)16-9-15(22(23,24)25)5-6-17(16)31/h5-6,9-11H,1,7-8,12-13H2,2-3H3,(H,26,32)(H,28,29). The highest BCUT2D eigenvalue weighted by molar-refractivity contribution is 5.76. The quantitative estimate of drug-likeness (QED) is 0.708. The zero-order valence-electron chi connectivity index (χ0n) is 17.8. The van der Waals surface area contributed by atoms with E-state index in [9.17, 15) is 18.0 Å². The van der Waals surface area contributed by atoms with Crippen LogP contribution in [0, 0.1) is 6.92 Å². The first-order valence-corrected chi connectivity index (χ1v) is 10.1. The van der Waals surface area contributed by atoms with Crippen LogP contribution in [0.25, 0.3) is 0 Å². The first kappa shape index (κ1) is 21.7. The Morgan fingerprint density at radius 3 is 2.66 bits per heavy atom. The van der Waals surface area contributed by atoms with Crippen LogP contribution in [0.4, 0.5) is 29.5 Å². The van der Waals surface area contributed by atoms with E-state index in [1.54, 1.807) is 17.3 Å². The zero-order chi connectivity index (χ0) is 23.1. The number of anilines is 2. The molecule has 2 amide bonds. The second-order valence-corrected chi connectivity index (χ2v) is 8.02. The molecule has 1 aromatic carbocycles. The lowest BCUT2D eigenvalue weighted by molar-refractivity contribution is -0.137. The van der Waals surface area contributed by atoms with Crippen LogP contribution in [-0.2, 0) is 11.6 Å². The number of benzene rings is 1. The van der Waals surface area contributed by atoms with Gasteiger partial charge in [-0.1, -0.05) is 12.3 Å². The van der Waals surface area contributed by atoms with Gasteiger partial charge in [0.1, 0.15) is 5.82 Å². The Labute approximate surface area is 183 Å². The number of carbonyl (C=O) groups is 1. The van der Waals surface area contributed by atoms with Crippen LogP contribution in [-0.4, -0.2) is 47.6 Å². The Morgan fingerprint density at radius 1 is 1.25 bits per heavy atom. The molecule has 10 heteroatoms. The van der Waals surface area contributed by atoms with Gasteiger partial charge in [-0.05, 0) is 37.1 Å². The number of urea groups is 1. The number of carbonyl (C=O) groups excluding carboxylic acids is 1. The van der Waals surface area contributed by atoms with E-state index in [-0.39, 0.29) is 6.03 Å². The number of alkyl halides is 3. The largest absolute Gasteiger partial charge is 0.416 e. The molecule has 7 nitrogen and oxygen atoms in total. The molecular formula is C22H23F3N6O. The second-order valence-electron chi connectivity index (χ2n) is 8.02. The second kappa shape index (κ2) is 7.87. The summed E-state index contributed by atoms with van der Waals surface area (Å²) in [5.41, 5.74) is 3.42. The SMILES string of the molecule is C=C=C(Nc1cnc(C)cn1)N1CC2(CCN(C(=O)NC)C2)c2cc(C(F)(F)F)ccc21. The highest BCUT2D eigenvalue weighted by atomic mass is 19.4. The average Bonchev–Trinajstić information content (AvgIpc) is 3.34. The van der Waals surface area contributed by atoms with Gasteiger partial charge in [0.2, 0.25) is 0 Å². The monoisotopic (exact) mass is 444 g/mol. The molecule has 4 rings (SSSR count). The molecule has 2 N–H and O–H groups in total. The van der Waals surface area contributed by atoms with Crippen molar-refractivity contribution < 1.29 is 18.0 Å². The van der Waals surface area contributed by atoms with Crippen molar-refractivity contribution in [3.63, 3.8) is 0 Å². The van der Waals surface area contributed by atoms with Crippen molar-refractivity contribution in [2.75, 3.05) is 36.9 Å². The zero-order valence-corrected chi connectivity index (χ0v) is 17.8. The fourth-order valence-corrected chi connectivity index (χ4v) is 4.38. The van der Waals surface area contributed by atoms with Gasteiger partial charge in [-0.3, -0.25) is 4.98 Å². The van der Waals surface area contributed by atoms with Crippen LogP contribution in [0.3, 0.4) is 0 Å². The lowest BCUT2D eigenvalue weighted by Gasteiger charge is -2.27. The first-order chi connectivity index (χ1) is 15.2. The molecule has 2 aliphatic rings. The molecule has 168 valence electrons. The topological polar surface area (TPSA) is 73.4 Å². The Hall–Kier alpha value is -3.52. The van der Waals surface area contributed by atoms with E-state index in [1.807, 2.05) is 11.8 Å². The third-order valence-corrected chi connectivity index (χ3v) is 5.97. The third kappa shape index (κ3) is 3.78. The summed E-state index contributed by atoms with van der Waals surface area (Å²) in [4.78, 5) is 24.2. The molecule has 2 aliphatic heterocycles. The highest BCUT2D eigenvalue weighted by Gasteiger charge is 2.50.